The molecule has 8 heteroatoms. The molecule has 0 aliphatic carbocycles. The Labute approximate surface area is 172 Å². The fourth-order valence-electron chi connectivity index (χ4n) is 3.12. The quantitative estimate of drug-likeness (QED) is 0.670. The van der Waals surface area contributed by atoms with Gasteiger partial charge in [-0.15, -0.1) is 10.2 Å². The standard InChI is InChI=1S/C20H20ClN5OS/c1-3-13-4-10-16(11-5-13)22-19(27)18-17(14-6-8-15(21)9-7-14)25-26-12(2)23-24-20(26)28-18/h4-11,17-18,25H,3H2,1-2H3,(H,22,27). The fourth-order valence-corrected chi connectivity index (χ4v) is 4.37. The number of thioether (sulfide) groups is 1. The van der Waals surface area contributed by atoms with E-state index in [9.17, 15) is 4.79 Å². The lowest BCUT2D eigenvalue weighted by Crippen LogP contribution is -2.41. The summed E-state index contributed by atoms with van der Waals surface area (Å²) in [6, 6.07) is 15.2. The van der Waals surface area contributed by atoms with Crippen molar-refractivity contribution >= 4 is 35.0 Å². The molecule has 0 fully saturated rings. The van der Waals surface area contributed by atoms with Crippen molar-refractivity contribution in [2.75, 3.05) is 10.7 Å². The molecule has 0 bridgehead atoms. The van der Waals surface area contributed by atoms with Crippen LogP contribution in [0.1, 0.15) is 29.9 Å². The van der Waals surface area contributed by atoms with Crippen molar-refractivity contribution in [3.05, 3.63) is 70.5 Å². The number of amides is 1. The van der Waals surface area contributed by atoms with Crippen LogP contribution in [0.3, 0.4) is 0 Å². The van der Waals surface area contributed by atoms with E-state index in [4.69, 9.17) is 11.6 Å². The summed E-state index contributed by atoms with van der Waals surface area (Å²) in [6.45, 7) is 3.98. The molecule has 0 radical (unpaired) electrons. The van der Waals surface area contributed by atoms with Crippen LogP contribution in [-0.2, 0) is 11.2 Å². The highest BCUT2D eigenvalue weighted by molar-refractivity contribution is 8.00. The van der Waals surface area contributed by atoms with Crippen LogP contribution in [0.5, 0.6) is 0 Å². The summed E-state index contributed by atoms with van der Waals surface area (Å²) < 4.78 is 1.82. The van der Waals surface area contributed by atoms with E-state index in [0.29, 0.717) is 10.2 Å². The zero-order chi connectivity index (χ0) is 19.7. The van der Waals surface area contributed by atoms with Gasteiger partial charge in [-0.2, -0.15) is 0 Å². The molecular formula is C20H20ClN5OS. The lowest BCUT2D eigenvalue weighted by Gasteiger charge is -2.32. The molecule has 1 aliphatic rings. The zero-order valence-electron chi connectivity index (χ0n) is 15.5. The van der Waals surface area contributed by atoms with E-state index in [-0.39, 0.29) is 11.9 Å². The normalized spacial score (nSPS) is 18.2. The van der Waals surface area contributed by atoms with Gasteiger partial charge in [0.15, 0.2) is 0 Å². The molecule has 2 aromatic carbocycles. The molecule has 28 heavy (non-hydrogen) atoms. The van der Waals surface area contributed by atoms with E-state index in [1.165, 1.54) is 17.3 Å². The van der Waals surface area contributed by atoms with Crippen LogP contribution in [0.2, 0.25) is 5.02 Å². The Bertz CT molecular complexity index is 987. The number of benzene rings is 2. The van der Waals surface area contributed by atoms with Gasteiger partial charge >= 0.3 is 0 Å². The number of carbonyl (C=O) groups excluding carboxylic acids is 1. The lowest BCUT2D eigenvalue weighted by molar-refractivity contribution is -0.116. The van der Waals surface area contributed by atoms with Gasteiger partial charge in [0.2, 0.25) is 11.1 Å². The maximum absolute atomic E-state index is 13.1. The average molecular weight is 414 g/mol. The van der Waals surface area contributed by atoms with Crippen molar-refractivity contribution in [2.24, 2.45) is 0 Å². The third-order valence-electron chi connectivity index (χ3n) is 4.72. The van der Waals surface area contributed by atoms with E-state index in [1.54, 1.807) is 0 Å². The molecule has 1 aromatic heterocycles. The van der Waals surface area contributed by atoms with E-state index in [1.807, 2.05) is 60.1 Å². The van der Waals surface area contributed by atoms with Crippen LogP contribution in [-0.4, -0.2) is 26.0 Å². The van der Waals surface area contributed by atoms with E-state index in [2.05, 4.69) is 27.9 Å². The highest BCUT2D eigenvalue weighted by Crippen LogP contribution is 2.37. The first-order valence-electron chi connectivity index (χ1n) is 9.05. The molecule has 2 heterocycles. The molecule has 3 aromatic rings. The second-order valence-corrected chi connectivity index (χ2v) is 8.15. The number of hydrogen-bond acceptors (Lipinski definition) is 5. The zero-order valence-corrected chi connectivity index (χ0v) is 17.1. The maximum Gasteiger partial charge on any atom is 0.240 e. The molecule has 6 nitrogen and oxygen atoms in total. The first-order valence-corrected chi connectivity index (χ1v) is 10.3. The largest absolute Gasteiger partial charge is 0.325 e. The summed E-state index contributed by atoms with van der Waals surface area (Å²) in [5.41, 5.74) is 6.36. The van der Waals surface area contributed by atoms with Crippen molar-refractivity contribution in [1.82, 2.24) is 14.9 Å². The third kappa shape index (κ3) is 3.72. The van der Waals surface area contributed by atoms with Gasteiger partial charge in [0.25, 0.3) is 0 Å². The minimum Gasteiger partial charge on any atom is -0.325 e. The Morgan fingerprint density at radius 3 is 2.57 bits per heavy atom. The first-order chi connectivity index (χ1) is 13.5. The summed E-state index contributed by atoms with van der Waals surface area (Å²) in [5, 5.41) is 12.2. The van der Waals surface area contributed by atoms with Crippen molar-refractivity contribution in [2.45, 2.75) is 36.7 Å². The second-order valence-electron chi connectivity index (χ2n) is 6.60. The van der Waals surface area contributed by atoms with Gasteiger partial charge in [-0.05, 0) is 48.7 Å². The van der Waals surface area contributed by atoms with Gasteiger partial charge in [0, 0.05) is 10.7 Å². The molecule has 0 saturated heterocycles. The average Bonchev–Trinajstić information content (AvgIpc) is 3.08. The van der Waals surface area contributed by atoms with Crippen molar-refractivity contribution in [3.8, 4) is 0 Å². The Balaban J connectivity index is 1.62. The number of aryl methyl sites for hydroxylation is 2. The third-order valence-corrected chi connectivity index (χ3v) is 6.18. The van der Waals surface area contributed by atoms with Gasteiger partial charge in [0.1, 0.15) is 11.1 Å². The summed E-state index contributed by atoms with van der Waals surface area (Å²) in [5.74, 6) is 0.657. The smallest absolute Gasteiger partial charge is 0.240 e. The monoisotopic (exact) mass is 413 g/mol. The number of rotatable bonds is 4. The molecular weight excluding hydrogens is 394 g/mol. The summed E-state index contributed by atoms with van der Waals surface area (Å²) in [4.78, 5) is 13.1. The molecule has 0 spiro atoms. The van der Waals surface area contributed by atoms with Crippen LogP contribution in [0, 0.1) is 6.92 Å². The molecule has 2 N–H and O–H groups in total. The van der Waals surface area contributed by atoms with Crippen molar-refractivity contribution in [3.63, 3.8) is 0 Å². The molecule has 2 atom stereocenters. The van der Waals surface area contributed by atoms with Gasteiger partial charge in [-0.25, -0.2) is 4.68 Å². The highest BCUT2D eigenvalue weighted by atomic mass is 35.5. The Morgan fingerprint density at radius 2 is 1.89 bits per heavy atom. The predicted molar refractivity (Wildman–Crippen MR) is 112 cm³/mol. The number of nitrogens with one attached hydrogen (secondary N) is 2. The fraction of sp³-hybridized carbons (Fsp3) is 0.250. The number of aromatic nitrogens is 3. The molecule has 2 unspecified atom stereocenters. The minimum absolute atomic E-state index is 0.0893. The Morgan fingerprint density at radius 1 is 1.18 bits per heavy atom. The summed E-state index contributed by atoms with van der Waals surface area (Å²) in [6.07, 6.45) is 0.963. The van der Waals surface area contributed by atoms with Gasteiger partial charge in [-0.1, -0.05) is 54.6 Å². The Kier molecular flexibility index (Phi) is 5.28. The molecule has 0 saturated carbocycles. The van der Waals surface area contributed by atoms with Crippen molar-refractivity contribution in [1.29, 1.82) is 0 Å². The summed E-state index contributed by atoms with van der Waals surface area (Å²) in [7, 11) is 0. The van der Waals surface area contributed by atoms with Crippen molar-refractivity contribution < 1.29 is 4.79 Å². The van der Waals surface area contributed by atoms with E-state index in [0.717, 1.165) is 23.5 Å². The SMILES string of the molecule is CCc1ccc(NC(=O)C2Sc3nnc(C)n3NC2c2ccc(Cl)cc2)cc1. The van der Waals surface area contributed by atoms with Crippen LogP contribution in [0.25, 0.3) is 0 Å². The molecule has 144 valence electrons. The van der Waals surface area contributed by atoms with Crippen LogP contribution >= 0.6 is 23.4 Å². The van der Waals surface area contributed by atoms with Crippen LogP contribution in [0.4, 0.5) is 5.69 Å². The minimum atomic E-state index is -0.414. The van der Waals surface area contributed by atoms with E-state index >= 15 is 0 Å². The van der Waals surface area contributed by atoms with Gasteiger partial charge < -0.3 is 10.7 Å². The maximum atomic E-state index is 13.1. The molecule has 1 amide bonds. The molecule has 4 rings (SSSR count). The van der Waals surface area contributed by atoms with Crippen LogP contribution in [0.15, 0.2) is 53.7 Å². The number of halogens is 1. The molecule has 1 aliphatic heterocycles. The van der Waals surface area contributed by atoms with Crippen LogP contribution < -0.4 is 10.7 Å². The number of nitrogens with zero attached hydrogens (tertiary/aromatic N) is 3. The Hall–Kier alpha value is -2.51. The number of hydrogen-bond donors (Lipinski definition) is 2. The topological polar surface area (TPSA) is 71.8 Å². The number of carbonyl (C=O) groups is 1. The van der Waals surface area contributed by atoms with Gasteiger partial charge in [0.05, 0.1) is 6.04 Å². The highest BCUT2D eigenvalue weighted by Gasteiger charge is 2.37. The second kappa shape index (κ2) is 7.85. The van der Waals surface area contributed by atoms with Gasteiger partial charge in [-0.3, -0.25) is 4.79 Å². The predicted octanol–water partition coefficient (Wildman–Crippen LogP) is 4.20. The summed E-state index contributed by atoms with van der Waals surface area (Å²) >= 11 is 7.44. The lowest BCUT2D eigenvalue weighted by atomic mass is 10.0. The first kappa shape index (κ1) is 18.8. The number of anilines is 1. The number of fused-ring (bicyclic) bond motifs is 1. The van der Waals surface area contributed by atoms with E-state index < -0.39 is 5.25 Å².